The van der Waals surface area contributed by atoms with Gasteiger partial charge in [-0.2, -0.15) is 0 Å². The molecule has 0 unspecified atom stereocenters. The Kier molecular flexibility index (Phi) is 4.87. The second-order valence-corrected chi connectivity index (χ2v) is 10.7. The molecule has 0 saturated carbocycles. The second kappa shape index (κ2) is 8.88. The molecular formula is C38H24N4. The highest BCUT2D eigenvalue weighted by Crippen LogP contribution is 2.40. The van der Waals surface area contributed by atoms with Crippen molar-refractivity contribution < 1.29 is 0 Å². The number of para-hydroxylation sites is 3. The van der Waals surface area contributed by atoms with Gasteiger partial charge in [-0.05, 0) is 47.3 Å². The van der Waals surface area contributed by atoms with Crippen LogP contribution in [0.5, 0.6) is 0 Å². The normalized spacial score (nSPS) is 11.8. The Morgan fingerprint density at radius 1 is 0.405 bits per heavy atom. The minimum Gasteiger partial charge on any atom is -0.309 e. The highest BCUT2D eigenvalue weighted by molar-refractivity contribution is 6.22. The van der Waals surface area contributed by atoms with Crippen molar-refractivity contribution in [2.45, 2.75) is 0 Å². The third-order valence-corrected chi connectivity index (χ3v) is 8.40. The summed E-state index contributed by atoms with van der Waals surface area (Å²) >= 11 is 0. The van der Waals surface area contributed by atoms with Crippen molar-refractivity contribution in [1.82, 2.24) is 19.1 Å². The number of fused-ring (bicyclic) bond motifs is 8. The summed E-state index contributed by atoms with van der Waals surface area (Å²) in [6.45, 7) is 0. The Bertz CT molecular complexity index is 2430. The number of hydrogen-bond acceptors (Lipinski definition) is 2. The van der Waals surface area contributed by atoms with Gasteiger partial charge >= 0.3 is 0 Å². The summed E-state index contributed by atoms with van der Waals surface area (Å²) in [7, 11) is 0. The van der Waals surface area contributed by atoms with E-state index >= 15 is 0 Å². The van der Waals surface area contributed by atoms with Gasteiger partial charge in [0.1, 0.15) is 0 Å². The third kappa shape index (κ3) is 3.29. The Morgan fingerprint density at radius 3 is 1.76 bits per heavy atom. The maximum absolute atomic E-state index is 4.86. The molecule has 4 nitrogen and oxygen atoms in total. The highest BCUT2D eigenvalue weighted by atomic mass is 15.1. The topological polar surface area (TPSA) is 35.6 Å². The van der Waals surface area contributed by atoms with Crippen LogP contribution in [-0.4, -0.2) is 19.1 Å². The van der Waals surface area contributed by atoms with E-state index in [9.17, 15) is 0 Å². The van der Waals surface area contributed by atoms with E-state index in [1.165, 1.54) is 43.4 Å². The molecule has 0 radical (unpaired) electrons. The summed E-state index contributed by atoms with van der Waals surface area (Å²) in [6, 6.07) is 47.3. The molecule has 0 amide bonds. The molecule has 196 valence electrons. The van der Waals surface area contributed by atoms with Gasteiger partial charge in [-0.25, -0.2) is 9.97 Å². The zero-order chi connectivity index (χ0) is 27.6. The minimum atomic E-state index is 0.666. The van der Waals surface area contributed by atoms with Crippen molar-refractivity contribution >= 4 is 54.4 Å². The predicted molar refractivity (Wildman–Crippen MR) is 174 cm³/mol. The van der Waals surface area contributed by atoms with Crippen LogP contribution in [0, 0.1) is 0 Å². The highest BCUT2D eigenvalue weighted by Gasteiger charge is 2.19. The molecule has 0 saturated heterocycles. The first-order chi connectivity index (χ1) is 20.8. The lowest BCUT2D eigenvalue weighted by molar-refractivity contribution is 0.990. The van der Waals surface area contributed by atoms with Gasteiger partial charge in [0.2, 0.25) is 5.95 Å². The number of benzene rings is 6. The smallest absolute Gasteiger partial charge is 0.234 e. The molecule has 9 aromatic rings. The van der Waals surface area contributed by atoms with Gasteiger partial charge in [0, 0.05) is 50.6 Å². The van der Waals surface area contributed by atoms with Crippen molar-refractivity contribution in [3.63, 3.8) is 0 Å². The number of rotatable bonds is 3. The maximum Gasteiger partial charge on any atom is 0.234 e. The molecule has 0 spiro atoms. The van der Waals surface area contributed by atoms with Crippen LogP contribution in [0.1, 0.15) is 0 Å². The third-order valence-electron chi connectivity index (χ3n) is 8.40. The van der Waals surface area contributed by atoms with E-state index in [2.05, 4.69) is 124 Å². The predicted octanol–water partition coefficient (Wildman–Crippen LogP) is 9.49. The molecule has 0 N–H and O–H groups in total. The van der Waals surface area contributed by atoms with E-state index in [4.69, 9.17) is 9.97 Å². The molecule has 9 rings (SSSR count). The number of hydrogen-bond donors (Lipinski definition) is 0. The first-order valence-corrected chi connectivity index (χ1v) is 14.2. The molecule has 3 heterocycles. The van der Waals surface area contributed by atoms with Crippen LogP contribution in [0.4, 0.5) is 0 Å². The average molecular weight is 537 g/mol. The standard InChI is InChI=1S/C38H24N4/c1-3-11-25(12-4-1)27-23-39-38(40-24-27)42-35-18-10-8-16-30(35)33-22-32-26(21-36(33)42)19-20-31-29-15-7-9-17-34(29)41(37(31)32)28-13-5-2-6-14-28/h1-24H. The van der Waals surface area contributed by atoms with Gasteiger partial charge in [0.15, 0.2) is 0 Å². The molecule has 0 fully saturated rings. The van der Waals surface area contributed by atoms with E-state index in [1.807, 2.05) is 30.6 Å². The fourth-order valence-corrected chi connectivity index (χ4v) is 6.52. The van der Waals surface area contributed by atoms with E-state index in [-0.39, 0.29) is 0 Å². The molecular weight excluding hydrogens is 512 g/mol. The van der Waals surface area contributed by atoms with E-state index in [0.29, 0.717) is 5.95 Å². The average Bonchev–Trinajstić information content (AvgIpc) is 3.57. The van der Waals surface area contributed by atoms with Crippen LogP contribution < -0.4 is 0 Å². The fourth-order valence-electron chi connectivity index (χ4n) is 6.52. The Labute approximate surface area is 241 Å². The van der Waals surface area contributed by atoms with Gasteiger partial charge in [-0.1, -0.05) is 97.1 Å². The summed E-state index contributed by atoms with van der Waals surface area (Å²) in [5.41, 5.74) is 7.89. The lowest BCUT2D eigenvalue weighted by Crippen LogP contribution is -2.00. The fraction of sp³-hybridized carbons (Fsp3) is 0. The van der Waals surface area contributed by atoms with Crippen LogP contribution >= 0.6 is 0 Å². The minimum absolute atomic E-state index is 0.666. The first kappa shape index (κ1) is 23.0. The lowest BCUT2D eigenvalue weighted by atomic mass is 10.0. The summed E-state index contributed by atoms with van der Waals surface area (Å²) in [4.78, 5) is 9.72. The zero-order valence-electron chi connectivity index (χ0n) is 22.6. The zero-order valence-corrected chi connectivity index (χ0v) is 22.6. The Hall–Kier alpha value is -5.74. The summed E-state index contributed by atoms with van der Waals surface area (Å²) < 4.78 is 4.60. The largest absolute Gasteiger partial charge is 0.309 e. The van der Waals surface area contributed by atoms with E-state index in [1.54, 1.807) is 0 Å². The maximum atomic E-state index is 4.86. The molecule has 42 heavy (non-hydrogen) atoms. The summed E-state index contributed by atoms with van der Waals surface area (Å²) in [6.07, 6.45) is 3.84. The van der Waals surface area contributed by atoms with Crippen LogP contribution in [0.2, 0.25) is 0 Å². The molecule has 0 aliphatic carbocycles. The van der Waals surface area contributed by atoms with Crippen molar-refractivity contribution in [3.05, 3.63) is 146 Å². The van der Waals surface area contributed by atoms with Gasteiger partial charge in [0.05, 0.1) is 22.1 Å². The van der Waals surface area contributed by atoms with Gasteiger partial charge in [-0.3, -0.25) is 4.57 Å². The van der Waals surface area contributed by atoms with E-state index < -0.39 is 0 Å². The molecule has 0 aliphatic rings. The van der Waals surface area contributed by atoms with Crippen LogP contribution in [0.3, 0.4) is 0 Å². The molecule has 6 aromatic carbocycles. The molecule has 3 aromatic heterocycles. The lowest BCUT2D eigenvalue weighted by Gasteiger charge is -2.11. The number of aromatic nitrogens is 4. The summed E-state index contributed by atoms with van der Waals surface area (Å²) in [5, 5.41) is 7.29. The van der Waals surface area contributed by atoms with Crippen LogP contribution in [-0.2, 0) is 0 Å². The van der Waals surface area contributed by atoms with Gasteiger partial charge in [-0.15, -0.1) is 0 Å². The van der Waals surface area contributed by atoms with Crippen molar-refractivity contribution in [2.24, 2.45) is 0 Å². The molecule has 0 atom stereocenters. The quantitative estimate of drug-likeness (QED) is 0.225. The Morgan fingerprint density at radius 2 is 1.02 bits per heavy atom. The van der Waals surface area contributed by atoms with Crippen molar-refractivity contribution in [2.75, 3.05) is 0 Å². The number of nitrogens with zero attached hydrogens (tertiary/aromatic N) is 4. The van der Waals surface area contributed by atoms with Crippen molar-refractivity contribution in [1.29, 1.82) is 0 Å². The Balaban J connectivity index is 1.36. The SMILES string of the molecule is c1ccc(-c2cnc(-n3c4ccccc4c4cc5c(ccc6c7ccccc7n(-c7ccccc7)c56)cc43)nc2)cc1. The summed E-state index contributed by atoms with van der Waals surface area (Å²) in [5.74, 6) is 0.666. The van der Waals surface area contributed by atoms with E-state index in [0.717, 1.165) is 27.8 Å². The van der Waals surface area contributed by atoms with Gasteiger partial charge < -0.3 is 4.57 Å². The molecule has 4 heteroatoms. The first-order valence-electron chi connectivity index (χ1n) is 14.2. The molecule has 0 bridgehead atoms. The monoisotopic (exact) mass is 536 g/mol. The second-order valence-electron chi connectivity index (χ2n) is 10.7. The van der Waals surface area contributed by atoms with Crippen molar-refractivity contribution in [3.8, 4) is 22.8 Å². The molecule has 0 aliphatic heterocycles. The van der Waals surface area contributed by atoms with Crippen LogP contribution in [0.25, 0.3) is 77.1 Å². The van der Waals surface area contributed by atoms with Gasteiger partial charge in [0.25, 0.3) is 0 Å². The van der Waals surface area contributed by atoms with Crippen LogP contribution in [0.15, 0.2) is 146 Å².